The number of nitrogens with zero attached hydrogens (tertiary/aromatic N) is 2. The fraction of sp³-hybridized carbons (Fsp3) is 0.360. The second-order valence-electron chi connectivity index (χ2n) is 8.04. The van der Waals surface area contributed by atoms with E-state index in [1.54, 1.807) is 12.1 Å². The molecule has 0 spiro atoms. The maximum Gasteiger partial charge on any atom is 0.251 e. The van der Waals surface area contributed by atoms with E-state index in [2.05, 4.69) is 39.6 Å². The average molecular weight is 436 g/mol. The van der Waals surface area contributed by atoms with E-state index < -0.39 is 0 Å². The monoisotopic (exact) mass is 435 g/mol. The van der Waals surface area contributed by atoms with Gasteiger partial charge in [0.2, 0.25) is 0 Å². The Morgan fingerprint density at radius 3 is 2.81 bits per heavy atom. The predicted molar refractivity (Wildman–Crippen MR) is 121 cm³/mol. The highest BCUT2D eigenvalue weighted by Crippen LogP contribution is 2.19. The van der Waals surface area contributed by atoms with Crippen molar-refractivity contribution in [2.45, 2.75) is 33.1 Å². The standard InChI is InChI=1S/C25H29N3O4/c1-18-24(19(2)32-27-18)17-31-22-10-6-9-21(13-22)25(29)26-14-23-16-28(11-12-30-23)15-20-7-4-3-5-8-20/h3-10,13,23H,11-12,14-17H2,1-2H3,(H,26,29). The number of morpholine rings is 1. The zero-order chi connectivity index (χ0) is 22.3. The summed E-state index contributed by atoms with van der Waals surface area (Å²) in [5.74, 6) is 1.22. The lowest BCUT2D eigenvalue weighted by atomic mass is 10.1. The summed E-state index contributed by atoms with van der Waals surface area (Å²) in [5.41, 5.74) is 3.57. The van der Waals surface area contributed by atoms with Crippen LogP contribution >= 0.6 is 0 Å². The number of hydrogen-bond acceptors (Lipinski definition) is 6. The molecule has 1 unspecified atom stereocenters. The molecule has 1 atom stereocenters. The van der Waals surface area contributed by atoms with Crippen LogP contribution in [0.15, 0.2) is 59.1 Å². The second kappa shape index (κ2) is 10.4. The van der Waals surface area contributed by atoms with Gasteiger partial charge in [-0.15, -0.1) is 0 Å². The lowest BCUT2D eigenvalue weighted by molar-refractivity contribution is -0.0292. The average Bonchev–Trinajstić information content (AvgIpc) is 3.14. The van der Waals surface area contributed by atoms with Gasteiger partial charge in [0.15, 0.2) is 0 Å². The van der Waals surface area contributed by atoms with Crippen LogP contribution < -0.4 is 10.1 Å². The lowest BCUT2D eigenvalue weighted by Gasteiger charge is -2.33. The van der Waals surface area contributed by atoms with Crippen molar-refractivity contribution in [1.82, 2.24) is 15.4 Å². The molecule has 2 aromatic carbocycles. The van der Waals surface area contributed by atoms with E-state index in [0.29, 0.717) is 31.1 Å². The van der Waals surface area contributed by atoms with E-state index in [4.69, 9.17) is 14.0 Å². The van der Waals surface area contributed by atoms with Crippen molar-refractivity contribution >= 4 is 5.91 Å². The van der Waals surface area contributed by atoms with Gasteiger partial charge in [-0.05, 0) is 37.6 Å². The summed E-state index contributed by atoms with van der Waals surface area (Å²) in [5, 5.41) is 6.93. The fourth-order valence-corrected chi connectivity index (χ4v) is 3.79. The second-order valence-corrected chi connectivity index (χ2v) is 8.04. The first-order valence-electron chi connectivity index (χ1n) is 10.9. The fourth-order valence-electron chi connectivity index (χ4n) is 3.79. The first-order valence-corrected chi connectivity index (χ1v) is 10.9. The molecule has 1 aromatic heterocycles. The molecule has 32 heavy (non-hydrogen) atoms. The maximum atomic E-state index is 12.7. The number of ether oxygens (including phenoxy) is 2. The molecule has 4 rings (SSSR count). The number of carbonyl (C=O) groups excluding carboxylic acids is 1. The number of aromatic nitrogens is 1. The van der Waals surface area contributed by atoms with Gasteiger partial charge >= 0.3 is 0 Å². The summed E-state index contributed by atoms with van der Waals surface area (Å²) < 4.78 is 16.9. The third kappa shape index (κ3) is 5.75. The molecule has 1 fully saturated rings. The summed E-state index contributed by atoms with van der Waals surface area (Å²) >= 11 is 0. The molecule has 1 N–H and O–H groups in total. The minimum absolute atomic E-state index is 0.0320. The third-order valence-corrected chi connectivity index (χ3v) is 5.62. The largest absolute Gasteiger partial charge is 0.489 e. The highest BCUT2D eigenvalue weighted by Gasteiger charge is 2.21. The van der Waals surface area contributed by atoms with Crippen molar-refractivity contribution in [1.29, 1.82) is 0 Å². The molecule has 1 aliphatic heterocycles. The van der Waals surface area contributed by atoms with E-state index in [0.717, 1.165) is 36.7 Å². The molecule has 1 saturated heterocycles. The zero-order valence-corrected chi connectivity index (χ0v) is 18.5. The normalized spacial score (nSPS) is 16.6. The van der Waals surface area contributed by atoms with Gasteiger partial charge in [-0.1, -0.05) is 41.6 Å². The van der Waals surface area contributed by atoms with E-state index in [1.807, 2.05) is 32.0 Å². The summed E-state index contributed by atoms with van der Waals surface area (Å²) in [4.78, 5) is 15.1. The third-order valence-electron chi connectivity index (χ3n) is 5.62. The molecule has 168 valence electrons. The Kier molecular flexibility index (Phi) is 7.19. The molecule has 0 aliphatic carbocycles. The van der Waals surface area contributed by atoms with Crippen LogP contribution in [0, 0.1) is 13.8 Å². The summed E-state index contributed by atoms with van der Waals surface area (Å²) in [6.07, 6.45) is -0.0320. The van der Waals surface area contributed by atoms with Gasteiger partial charge in [-0.2, -0.15) is 0 Å². The van der Waals surface area contributed by atoms with Crippen molar-refractivity contribution < 1.29 is 18.8 Å². The Morgan fingerprint density at radius 1 is 1.19 bits per heavy atom. The Bertz CT molecular complexity index is 1020. The molecule has 0 saturated carbocycles. The molecule has 1 aliphatic rings. The number of nitrogens with one attached hydrogen (secondary N) is 1. The number of carbonyl (C=O) groups is 1. The zero-order valence-electron chi connectivity index (χ0n) is 18.5. The molecule has 3 aromatic rings. The Hall–Kier alpha value is -3.16. The number of amides is 1. The van der Waals surface area contributed by atoms with Crippen LogP contribution in [0.2, 0.25) is 0 Å². The van der Waals surface area contributed by atoms with Gasteiger partial charge in [-0.3, -0.25) is 9.69 Å². The van der Waals surface area contributed by atoms with E-state index >= 15 is 0 Å². The number of rotatable bonds is 8. The lowest BCUT2D eigenvalue weighted by Crippen LogP contribution is -2.47. The van der Waals surface area contributed by atoms with Crippen molar-refractivity contribution in [2.75, 3.05) is 26.2 Å². The van der Waals surface area contributed by atoms with Gasteiger partial charge in [0, 0.05) is 31.7 Å². The van der Waals surface area contributed by atoms with Crippen LogP contribution in [0.3, 0.4) is 0 Å². The molecule has 1 amide bonds. The van der Waals surface area contributed by atoms with Crippen LogP contribution in [0.4, 0.5) is 0 Å². The molecule has 7 heteroatoms. The number of benzene rings is 2. The van der Waals surface area contributed by atoms with Gasteiger partial charge in [0.1, 0.15) is 18.1 Å². The van der Waals surface area contributed by atoms with Crippen LogP contribution in [0.5, 0.6) is 5.75 Å². The summed E-state index contributed by atoms with van der Waals surface area (Å²) in [6.45, 7) is 7.79. The van der Waals surface area contributed by atoms with Crippen molar-refractivity contribution in [3.05, 3.63) is 82.7 Å². The molecule has 0 bridgehead atoms. The number of hydrogen-bond donors (Lipinski definition) is 1. The smallest absolute Gasteiger partial charge is 0.251 e. The highest BCUT2D eigenvalue weighted by molar-refractivity contribution is 5.94. The van der Waals surface area contributed by atoms with Crippen LogP contribution in [-0.4, -0.2) is 48.3 Å². The first kappa shape index (κ1) is 22.0. The number of aryl methyl sites for hydroxylation is 2. The van der Waals surface area contributed by atoms with Crippen molar-refractivity contribution in [3.8, 4) is 5.75 Å². The predicted octanol–water partition coefficient (Wildman–Crippen LogP) is 3.50. The van der Waals surface area contributed by atoms with Gasteiger partial charge < -0.3 is 19.3 Å². The summed E-state index contributed by atoms with van der Waals surface area (Å²) in [7, 11) is 0. The van der Waals surface area contributed by atoms with E-state index in [-0.39, 0.29) is 12.0 Å². The van der Waals surface area contributed by atoms with E-state index in [9.17, 15) is 4.79 Å². The van der Waals surface area contributed by atoms with Crippen molar-refractivity contribution in [3.63, 3.8) is 0 Å². The van der Waals surface area contributed by atoms with Crippen LogP contribution in [0.25, 0.3) is 0 Å². The quantitative estimate of drug-likeness (QED) is 0.584. The Balaban J connectivity index is 1.28. The SMILES string of the molecule is Cc1noc(C)c1COc1cccc(C(=O)NCC2CN(Cc3ccccc3)CCO2)c1. The first-order chi connectivity index (χ1) is 15.6. The Labute approximate surface area is 188 Å². The Morgan fingerprint density at radius 2 is 2.03 bits per heavy atom. The van der Waals surface area contributed by atoms with Crippen molar-refractivity contribution in [2.24, 2.45) is 0 Å². The minimum Gasteiger partial charge on any atom is -0.489 e. The van der Waals surface area contributed by atoms with Gasteiger partial charge in [0.05, 0.1) is 24.0 Å². The molecular weight excluding hydrogens is 406 g/mol. The van der Waals surface area contributed by atoms with Crippen LogP contribution in [-0.2, 0) is 17.9 Å². The highest BCUT2D eigenvalue weighted by atomic mass is 16.5. The van der Waals surface area contributed by atoms with Gasteiger partial charge in [0.25, 0.3) is 5.91 Å². The topological polar surface area (TPSA) is 76.8 Å². The minimum atomic E-state index is -0.142. The molecule has 0 radical (unpaired) electrons. The molecular formula is C25H29N3O4. The maximum absolute atomic E-state index is 12.7. The van der Waals surface area contributed by atoms with E-state index in [1.165, 1.54) is 5.56 Å². The van der Waals surface area contributed by atoms with Gasteiger partial charge in [-0.25, -0.2) is 0 Å². The van der Waals surface area contributed by atoms with Crippen LogP contribution in [0.1, 0.15) is 32.9 Å². The summed E-state index contributed by atoms with van der Waals surface area (Å²) in [6, 6.07) is 17.6. The molecule has 2 heterocycles. The molecule has 7 nitrogen and oxygen atoms in total.